The summed E-state index contributed by atoms with van der Waals surface area (Å²) >= 11 is 0. The first kappa shape index (κ1) is 19.3. The zero-order valence-electron chi connectivity index (χ0n) is 14.4. The predicted octanol–water partition coefficient (Wildman–Crippen LogP) is 2.52. The van der Waals surface area contributed by atoms with Crippen molar-refractivity contribution in [2.75, 3.05) is 52.4 Å². The van der Waals surface area contributed by atoms with E-state index >= 15 is 0 Å². The van der Waals surface area contributed by atoms with Crippen LogP contribution < -0.4 is 15.4 Å². The van der Waals surface area contributed by atoms with E-state index in [1.54, 1.807) is 14.2 Å². The topological polar surface area (TPSA) is 64.1 Å². The Bertz CT molecular complexity index is 452. The molecule has 130 valence electrons. The second kappa shape index (κ2) is 12.7. The largest absolute Gasteiger partial charge is 0.493 e. The molecule has 2 N–H and O–H groups in total. The zero-order valence-corrected chi connectivity index (χ0v) is 14.4. The minimum Gasteiger partial charge on any atom is -0.493 e. The van der Waals surface area contributed by atoms with Crippen molar-refractivity contribution in [3.63, 3.8) is 0 Å². The lowest BCUT2D eigenvalue weighted by atomic mass is 10.3. The van der Waals surface area contributed by atoms with Crippen LogP contribution in [-0.2, 0) is 9.47 Å². The van der Waals surface area contributed by atoms with Crippen LogP contribution in [0.15, 0.2) is 29.3 Å². The molecule has 6 heteroatoms. The highest BCUT2D eigenvalue weighted by atomic mass is 16.5. The molecule has 0 heterocycles. The van der Waals surface area contributed by atoms with Crippen LogP contribution in [0.4, 0.5) is 5.69 Å². The summed E-state index contributed by atoms with van der Waals surface area (Å²) < 4.78 is 15.8. The highest BCUT2D eigenvalue weighted by molar-refractivity contribution is 5.93. The van der Waals surface area contributed by atoms with Gasteiger partial charge in [-0.15, -0.1) is 0 Å². The molecule has 1 aromatic rings. The highest BCUT2D eigenvalue weighted by Gasteiger charge is 2.01. The maximum absolute atomic E-state index is 5.71. The van der Waals surface area contributed by atoms with E-state index in [0.29, 0.717) is 19.8 Å². The molecule has 0 aliphatic rings. The number of anilines is 1. The first-order valence-corrected chi connectivity index (χ1v) is 8.06. The van der Waals surface area contributed by atoms with Crippen LogP contribution in [0.5, 0.6) is 5.75 Å². The standard InChI is InChI=1S/C17H29N3O3/c1-4-18-17(19-10-6-11-21-2)20-15-8-5-9-16(14-15)23-13-7-12-22-3/h5,8-9,14H,4,6-7,10-13H2,1-3H3,(H2,18,19,20). The fraction of sp³-hybridized carbons (Fsp3) is 0.588. The van der Waals surface area contributed by atoms with Crippen LogP contribution in [0.3, 0.4) is 0 Å². The van der Waals surface area contributed by atoms with Crippen molar-refractivity contribution in [2.24, 2.45) is 4.99 Å². The number of hydrogen-bond donors (Lipinski definition) is 2. The molecule has 0 radical (unpaired) electrons. The summed E-state index contributed by atoms with van der Waals surface area (Å²) in [7, 11) is 3.39. The number of benzene rings is 1. The predicted molar refractivity (Wildman–Crippen MR) is 94.5 cm³/mol. The maximum atomic E-state index is 5.71. The van der Waals surface area contributed by atoms with Gasteiger partial charge in [0.1, 0.15) is 5.75 Å². The van der Waals surface area contributed by atoms with E-state index in [4.69, 9.17) is 14.2 Å². The quantitative estimate of drug-likeness (QED) is 0.372. The second-order valence-electron chi connectivity index (χ2n) is 4.95. The van der Waals surface area contributed by atoms with E-state index in [1.807, 2.05) is 31.2 Å². The van der Waals surface area contributed by atoms with Crippen LogP contribution >= 0.6 is 0 Å². The SMILES string of the molecule is CCNC(=NCCCOC)Nc1cccc(OCCCOC)c1. The van der Waals surface area contributed by atoms with E-state index in [9.17, 15) is 0 Å². The van der Waals surface area contributed by atoms with Gasteiger partial charge in [0.25, 0.3) is 0 Å². The molecule has 0 atom stereocenters. The minimum atomic E-state index is 0.641. The van der Waals surface area contributed by atoms with Crippen LogP contribution in [-0.4, -0.2) is 53.1 Å². The third-order valence-electron chi connectivity index (χ3n) is 2.98. The molecule has 0 saturated heterocycles. The van der Waals surface area contributed by atoms with Gasteiger partial charge >= 0.3 is 0 Å². The van der Waals surface area contributed by atoms with Gasteiger partial charge in [0.05, 0.1) is 6.61 Å². The summed E-state index contributed by atoms with van der Waals surface area (Å²) in [5, 5.41) is 6.52. The van der Waals surface area contributed by atoms with E-state index in [-0.39, 0.29) is 0 Å². The molecule has 0 spiro atoms. The lowest BCUT2D eigenvalue weighted by molar-refractivity contribution is 0.172. The summed E-state index contributed by atoms with van der Waals surface area (Å²) in [6.45, 7) is 5.63. The van der Waals surface area contributed by atoms with Gasteiger partial charge in [-0.1, -0.05) is 6.07 Å². The molecular weight excluding hydrogens is 294 g/mol. The molecule has 0 fully saturated rings. The number of methoxy groups -OCH3 is 2. The van der Waals surface area contributed by atoms with E-state index < -0.39 is 0 Å². The first-order valence-electron chi connectivity index (χ1n) is 8.06. The maximum Gasteiger partial charge on any atom is 0.195 e. The lowest BCUT2D eigenvalue weighted by Crippen LogP contribution is -2.30. The average Bonchev–Trinajstić information content (AvgIpc) is 2.56. The fourth-order valence-corrected chi connectivity index (χ4v) is 1.90. The van der Waals surface area contributed by atoms with Gasteiger partial charge in [-0.2, -0.15) is 0 Å². The number of guanidine groups is 1. The third-order valence-corrected chi connectivity index (χ3v) is 2.98. The van der Waals surface area contributed by atoms with Crippen LogP contribution in [0.25, 0.3) is 0 Å². The van der Waals surface area contributed by atoms with Gasteiger partial charge in [-0.3, -0.25) is 4.99 Å². The molecule has 6 nitrogen and oxygen atoms in total. The third kappa shape index (κ3) is 9.05. The number of nitrogens with one attached hydrogen (secondary N) is 2. The fourth-order valence-electron chi connectivity index (χ4n) is 1.90. The summed E-state index contributed by atoms with van der Waals surface area (Å²) in [5.41, 5.74) is 0.945. The van der Waals surface area contributed by atoms with Crippen molar-refractivity contribution in [1.82, 2.24) is 5.32 Å². The van der Waals surface area contributed by atoms with Gasteiger partial charge in [0, 0.05) is 58.7 Å². The molecule has 0 amide bonds. The first-order chi connectivity index (χ1) is 11.3. The molecule has 0 aliphatic heterocycles. The molecule has 1 rings (SSSR count). The van der Waals surface area contributed by atoms with Crippen LogP contribution in [0.2, 0.25) is 0 Å². The number of hydrogen-bond acceptors (Lipinski definition) is 4. The summed E-state index contributed by atoms with van der Waals surface area (Å²) in [4.78, 5) is 4.52. The Balaban J connectivity index is 2.54. The van der Waals surface area contributed by atoms with Gasteiger partial charge < -0.3 is 24.8 Å². The van der Waals surface area contributed by atoms with E-state index in [1.165, 1.54) is 0 Å². The van der Waals surface area contributed by atoms with Gasteiger partial charge in [0.15, 0.2) is 5.96 Å². The Morgan fingerprint density at radius 3 is 2.61 bits per heavy atom. The Hall–Kier alpha value is -1.79. The number of nitrogens with zero attached hydrogens (tertiary/aromatic N) is 1. The smallest absolute Gasteiger partial charge is 0.195 e. The van der Waals surface area contributed by atoms with Crippen LogP contribution in [0, 0.1) is 0 Å². The average molecular weight is 323 g/mol. The minimum absolute atomic E-state index is 0.641. The molecular formula is C17H29N3O3. The van der Waals surface area contributed by atoms with E-state index in [0.717, 1.165) is 43.3 Å². The Kier molecular flexibility index (Phi) is 10.7. The van der Waals surface area contributed by atoms with Crippen LogP contribution in [0.1, 0.15) is 19.8 Å². The molecule has 0 bridgehead atoms. The molecule has 0 unspecified atom stereocenters. The van der Waals surface area contributed by atoms with Crippen molar-refractivity contribution in [2.45, 2.75) is 19.8 Å². The van der Waals surface area contributed by atoms with Crippen molar-refractivity contribution < 1.29 is 14.2 Å². The Labute approximate surface area is 139 Å². The summed E-state index contributed by atoms with van der Waals surface area (Å²) in [6, 6.07) is 7.86. The van der Waals surface area contributed by atoms with Crippen molar-refractivity contribution in [3.05, 3.63) is 24.3 Å². The summed E-state index contributed by atoms with van der Waals surface area (Å²) in [5.74, 6) is 1.60. The molecule has 1 aromatic carbocycles. The Morgan fingerprint density at radius 2 is 1.87 bits per heavy atom. The van der Waals surface area contributed by atoms with Gasteiger partial charge in [0.2, 0.25) is 0 Å². The van der Waals surface area contributed by atoms with Crippen molar-refractivity contribution in [1.29, 1.82) is 0 Å². The van der Waals surface area contributed by atoms with Gasteiger partial charge in [-0.25, -0.2) is 0 Å². The van der Waals surface area contributed by atoms with E-state index in [2.05, 4.69) is 15.6 Å². The highest BCUT2D eigenvalue weighted by Crippen LogP contribution is 2.17. The number of aliphatic imine (C=N–C) groups is 1. The van der Waals surface area contributed by atoms with Crippen molar-refractivity contribution in [3.8, 4) is 5.75 Å². The normalized spacial score (nSPS) is 11.3. The van der Waals surface area contributed by atoms with Gasteiger partial charge in [-0.05, 0) is 25.5 Å². The number of rotatable bonds is 11. The molecule has 0 aromatic heterocycles. The lowest BCUT2D eigenvalue weighted by Gasteiger charge is -2.13. The van der Waals surface area contributed by atoms with Crippen molar-refractivity contribution >= 4 is 11.6 Å². The zero-order chi connectivity index (χ0) is 16.8. The molecule has 23 heavy (non-hydrogen) atoms. The molecule has 0 aliphatic carbocycles. The summed E-state index contributed by atoms with van der Waals surface area (Å²) in [6.07, 6.45) is 1.77. The Morgan fingerprint density at radius 1 is 1.09 bits per heavy atom. The molecule has 0 saturated carbocycles. The second-order valence-corrected chi connectivity index (χ2v) is 4.95. The number of ether oxygens (including phenoxy) is 3. The monoisotopic (exact) mass is 323 g/mol.